The minimum absolute atomic E-state index is 0.187. The van der Waals surface area contributed by atoms with Gasteiger partial charge in [-0.1, -0.05) is 34.5 Å². The first-order chi connectivity index (χ1) is 6.70. The third-order valence-electron chi connectivity index (χ3n) is 1.45. The summed E-state index contributed by atoms with van der Waals surface area (Å²) in [5.74, 6) is 0. The highest BCUT2D eigenvalue weighted by atomic mass is 35.5. The lowest BCUT2D eigenvalue weighted by Crippen LogP contribution is -1.91. The number of carbonyl (C=O) groups is 1. The van der Waals surface area contributed by atoms with Crippen molar-refractivity contribution < 1.29 is 4.79 Å². The van der Waals surface area contributed by atoms with Gasteiger partial charge in [0.1, 0.15) is 4.88 Å². The molecule has 0 bridgehead atoms. The molecule has 0 amide bonds. The van der Waals surface area contributed by atoms with E-state index in [2.05, 4.69) is 10.1 Å². The Morgan fingerprint density at radius 2 is 2.29 bits per heavy atom. The Morgan fingerprint density at radius 3 is 2.79 bits per heavy atom. The largest absolute Gasteiger partial charge is 0.297 e. The second kappa shape index (κ2) is 3.68. The smallest absolute Gasteiger partial charge is 0.212 e. The van der Waals surface area contributed by atoms with Gasteiger partial charge in [0.25, 0.3) is 0 Å². The van der Waals surface area contributed by atoms with E-state index in [4.69, 9.17) is 23.2 Å². The highest BCUT2D eigenvalue weighted by Gasteiger charge is 2.10. The van der Waals surface area contributed by atoms with Crippen molar-refractivity contribution in [3.8, 4) is 5.13 Å². The van der Waals surface area contributed by atoms with Gasteiger partial charge in [-0.15, -0.1) is 0 Å². The lowest BCUT2D eigenvalue weighted by molar-refractivity contribution is 0.112. The molecule has 2 rings (SSSR count). The Bertz CT molecular complexity index is 479. The van der Waals surface area contributed by atoms with Crippen LogP contribution in [0.5, 0.6) is 0 Å². The second-order valence-corrected chi connectivity index (χ2v) is 4.18. The van der Waals surface area contributed by atoms with E-state index in [1.165, 1.54) is 10.9 Å². The van der Waals surface area contributed by atoms with Crippen LogP contribution in [-0.2, 0) is 0 Å². The third kappa shape index (κ3) is 1.66. The number of aromatic nitrogens is 3. The molecule has 0 saturated carbocycles. The van der Waals surface area contributed by atoms with Gasteiger partial charge in [0.2, 0.25) is 5.13 Å². The molecule has 0 saturated heterocycles. The number of hydrogen-bond acceptors (Lipinski definition) is 4. The van der Waals surface area contributed by atoms with Crippen molar-refractivity contribution in [1.82, 2.24) is 14.8 Å². The summed E-state index contributed by atoms with van der Waals surface area (Å²) >= 11 is 12.5. The summed E-state index contributed by atoms with van der Waals surface area (Å²) in [4.78, 5) is 14.8. The number of aldehydes is 1. The van der Waals surface area contributed by atoms with Crippen molar-refractivity contribution in [2.24, 2.45) is 0 Å². The lowest BCUT2D eigenvalue weighted by atomic mass is 10.6. The summed E-state index contributed by atoms with van der Waals surface area (Å²) in [6, 6.07) is 0. The van der Waals surface area contributed by atoms with Gasteiger partial charge >= 0.3 is 0 Å². The Kier molecular flexibility index (Phi) is 2.54. The standard InChI is InChI=1S/C7H3Cl2N3OS/c8-4-1-10-12(2-4)7-11-6(9)5(3-13)14-7/h1-3H. The van der Waals surface area contributed by atoms with Crippen LogP contribution < -0.4 is 0 Å². The molecule has 0 aliphatic heterocycles. The van der Waals surface area contributed by atoms with Gasteiger partial charge in [0.05, 0.1) is 17.4 Å². The minimum atomic E-state index is 0.187. The van der Waals surface area contributed by atoms with Crippen LogP contribution in [0.2, 0.25) is 10.2 Å². The normalized spacial score (nSPS) is 10.4. The topological polar surface area (TPSA) is 47.8 Å². The predicted molar refractivity (Wildman–Crippen MR) is 54.6 cm³/mol. The highest BCUT2D eigenvalue weighted by Crippen LogP contribution is 2.24. The SMILES string of the molecule is O=Cc1sc(-n2cc(Cl)cn2)nc1Cl. The minimum Gasteiger partial charge on any atom is -0.297 e. The molecule has 7 heteroatoms. The van der Waals surface area contributed by atoms with E-state index in [9.17, 15) is 4.79 Å². The number of carbonyl (C=O) groups excluding carboxylic acids is 1. The van der Waals surface area contributed by atoms with Crippen molar-refractivity contribution in [3.05, 3.63) is 27.4 Å². The van der Waals surface area contributed by atoms with E-state index in [1.807, 2.05) is 0 Å². The van der Waals surface area contributed by atoms with Crippen LogP contribution in [0.25, 0.3) is 5.13 Å². The molecule has 4 nitrogen and oxygen atoms in total. The fraction of sp³-hybridized carbons (Fsp3) is 0. The molecule has 0 aliphatic carbocycles. The number of rotatable bonds is 2. The van der Waals surface area contributed by atoms with Gasteiger partial charge in [-0.2, -0.15) is 5.10 Å². The fourth-order valence-corrected chi connectivity index (χ4v) is 2.01. The summed E-state index contributed by atoms with van der Waals surface area (Å²) in [5, 5.41) is 5.14. The predicted octanol–water partition coefficient (Wildman–Crippen LogP) is 2.45. The molecule has 2 heterocycles. The van der Waals surface area contributed by atoms with Crippen LogP contribution in [-0.4, -0.2) is 21.1 Å². The van der Waals surface area contributed by atoms with E-state index in [-0.39, 0.29) is 5.15 Å². The van der Waals surface area contributed by atoms with Crippen molar-refractivity contribution in [2.45, 2.75) is 0 Å². The molecule has 72 valence electrons. The summed E-state index contributed by atoms with van der Waals surface area (Å²) in [5.41, 5.74) is 0. The average Bonchev–Trinajstić information content (AvgIpc) is 2.71. The van der Waals surface area contributed by atoms with E-state index in [0.717, 1.165) is 11.3 Å². The van der Waals surface area contributed by atoms with Crippen LogP contribution >= 0.6 is 34.5 Å². The van der Waals surface area contributed by atoms with E-state index < -0.39 is 0 Å². The van der Waals surface area contributed by atoms with E-state index in [0.29, 0.717) is 21.3 Å². The maximum atomic E-state index is 10.5. The Labute approximate surface area is 93.1 Å². The zero-order valence-electron chi connectivity index (χ0n) is 6.65. The molecule has 0 N–H and O–H groups in total. The summed E-state index contributed by atoms with van der Waals surface area (Å²) in [6.07, 6.45) is 3.73. The molecule has 2 aromatic rings. The summed E-state index contributed by atoms with van der Waals surface area (Å²) in [6.45, 7) is 0. The molecule has 2 aromatic heterocycles. The molecule has 0 fully saturated rings. The van der Waals surface area contributed by atoms with Crippen molar-refractivity contribution in [3.63, 3.8) is 0 Å². The Balaban J connectivity index is 2.47. The van der Waals surface area contributed by atoms with Gasteiger partial charge < -0.3 is 0 Å². The fourth-order valence-electron chi connectivity index (χ4n) is 0.878. The molecular formula is C7H3Cl2N3OS. The zero-order chi connectivity index (χ0) is 10.1. The summed E-state index contributed by atoms with van der Waals surface area (Å²) < 4.78 is 1.46. The molecule has 0 spiro atoms. The van der Waals surface area contributed by atoms with Gasteiger partial charge in [0, 0.05) is 0 Å². The van der Waals surface area contributed by atoms with Crippen LogP contribution in [0.3, 0.4) is 0 Å². The van der Waals surface area contributed by atoms with Gasteiger partial charge in [-0.25, -0.2) is 9.67 Å². The molecule has 0 atom stereocenters. The second-order valence-electron chi connectivity index (χ2n) is 2.37. The third-order valence-corrected chi connectivity index (χ3v) is 3.02. The maximum absolute atomic E-state index is 10.5. The first kappa shape index (κ1) is 9.64. The molecule has 0 aliphatic rings. The Morgan fingerprint density at radius 1 is 1.50 bits per heavy atom. The molecule has 0 unspecified atom stereocenters. The summed E-state index contributed by atoms with van der Waals surface area (Å²) in [7, 11) is 0. The van der Waals surface area contributed by atoms with Gasteiger partial charge in [0.15, 0.2) is 11.4 Å². The van der Waals surface area contributed by atoms with Crippen LogP contribution in [0.4, 0.5) is 0 Å². The Hall–Kier alpha value is -0.910. The van der Waals surface area contributed by atoms with Crippen molar-refractivity contribution in [1.29, 1.82) is 0 Å². The number of hydrogen-bond donors (Lipinski definition) is 0. The number of thiazole rings is 1. The van der Waals surface area contributed by atoms with Crippen LogP contribution in [0.1, 0.15) is 9.67 Å². The van der Waals surface area contributed by atoms with Gasteiger partial charge in [-0.3, -0.25) is 4.79 Å². The van der Waals surface area contributed by atoms with E-state index >= 15 is 0 Å². The molecule has 14 heavy (non-hydrogen) atoms. The van der Waals surface area contributed by atoms with E-state index in [1.54, 1.807) is 6.20 Å². The molecule has 0 aromatic carbocycles. The molecular weight excluding hydrogens is 245 g/mol. The molecule has 0 radical (unpaired) electrons. The number of halogens is 2. The zero-order valence-corrected chi connectivity index (χ0v) is 8.97. The highest BCUT2D eigenvalue weighted by molar-refractivity contribution is 7.16. The maximum Gasteiger partial charge on any atom is 0.212 e. The average molecular weight is 248 g/mol. The quantitative estimate of drug-likeness (QED) is 0.767. The monoisotopic (exact) mass is 247 g/mol. The van der Waals surface area contributed by atoms with Crippen LogP contribution in [0.15, 0.2) is 12.4 Å². The first-order valence-electron chi connectivity index (χ1n) is 3.53. The number of nitrogens with zero attached hydrogens (tertiary/aromatic N) is 3. The van der Waals surface area contributed by atoms with Gasteiger partial charge in [-0.05, 0) is 0 Å². The first-order valence-corrected chi connectivity index (χ1v) is 5.10. The lowest BCUT2D eigenvalue weighted by Gasteiger charge is -1.90. The van der Waals surface area contributed by atoms with Crippen LogP contribution in [0, 0.1) is 0 Å². The van der Waals surface area contributed by atoms with Crippen molar-refractivity contribution >= 4 is 40.8 Å². The van der Waals surface area contributed by atoms with Crippen molar-refractivity contribution in [2.75, 3.05) is 0 Å².